The topological polar surface area (TPSA) is 9.86 Å². The quantitative estimate of drug-likeness (QED) is 0.163. The fraction of sp³-hybridized carbons (Fsp3) is 0.143. The fourth-order valence-electron chi connectivity index (χ4n) is 12.7. The highest BCUT2D eigenvalue weighted by Crippen LogP contribution is 2.53. The molecule has 0 aliphatic heterocycles. The predicted octanol–water partition coefficient (Wildman–Crippen LogP) is 18.8. The fourth-order valence-corrected chi connectivity index (χ4v) is 12.7. The number of hydrogen-bond acceptors (Lipinski definition) is 0. The van der Waals surface area contributed by atoms with Crippen LogP contribution in [0.2, 0.25) is 0 Å². The highest BCUT2D eigenvalue weighted by Gasteiger charge is 2.38. The van der Waals surface area contributed by atoms with Crippen LogP contribution in [0, 0.1) is 0 Å². The summed E-state index contributed by atoms with van der Waals surface area (Å²) >= 11 is 0. The number of fused-ring (bicyclic) bond motifs is 12. The van der Waals surface area contributed by atoms with Gasteiger partial charge in [0.2, 0.25) is 0 Å². The van der Waals surface area contributed by atoms with Crippen LogP contribution in [0.5, 0.6) is 0 Å². The summed E-state index contributed by atoms with van der Waals surface area (Å²) in [5.74, 6) is 0. The van der Waals surface area contributed by atoms with E-state index in [9.17, 15) is 0 Å². The zero-order chi connectivity index (χ0) is 48.8. The van der Waals surface area contributed by atoms with Gasteiger partial charge in [-0.05, 0) is 174 Å². The molecule has 14 rings (SSSR count). The van der Waals surface area contributed by atoms with Crippen molar-refractivity contribution in [2.75, 3.05) is 0 Å². The molecular formula is C70H56N2. The Hall–Kier alpha value is -8.20. The van der Waals surface area contributed by atoms with Gasteiger partial charge in [0.05, 0.1) is 22.1 Å². The molecule has 2 heteroatoms. The molecule has 0 amide bonds. The van der Waals surface area contributed by atoms with Crippen LogP contribution >= 0.6 is 0 Å². The van der Waals surface area contributed by atoms with Gasteiger partial charge < -0.3 is 9.13 Å². The number of benzene rings is 10. The zero-order valence-corrected chi connectivity index (χ0v) is 42.1. The van der Waals surface area contributed by atoms with Crippen molar-refractivity contribution >= 4 is 43.6 Å². The van der Waals surface area contributed by atoms with Gasteiger partial charge >= 0.3 is 0 Å². The van der Waals surface area contributed by atoms with E-state index in [2.05, 4.69) is 270 Å². The van der Waals surface area contributed by atoms with E-state index in [0.29, 0.717) is 0 Å². The zero-order valence-electron chi connectivity index (χ0n) is 42.1. The smallest absolute Gasteiger partial charge is 0.0541 e. The highest BCUT2D eigenvalue weighted by atomic mass is 15.0. The van der Waals surface area contributed by atoms with Gasteiger partial charge in [0.25, 0.3) is 0 Å². The van der Waals surface area contributed by atoms with Gasteiger partial charge in [0, 0.05) is 43.7 Å². The van der Waals surface area contributed by atoms with Gasteiger partial charge in [-0.3, -0.25) is 0 Å². The maximum absolute atomic E-state index is 2.48. The molecule has 346 valence electrons. The number of aromatic nitrogens is 2. The van der Waals surface area contributed by atoms with Crippen LogP contribution in [0.15, 0.2) is 212 Å². The van der Waals surface area contributed by atoms with E-state index in [-0.39, 0.29) is 16.2 Å². The Bertz CT molecular complexity index is 4220. The van der Waals surface area contributed by atoms with Crippen LogP contribution in [0.3, 0.4) is 0 Å². The molecule has 0 spiro atoms. The van der Waals surface area contributed by atoms with Crippen molar-refractivity contribution in [2.24, 2.45) is 0 Å². The second-order valence-electron chi connectivity index (χ2n) is 22.6. The summed E-state index contributed by atoms with van der Waals surface area (Å²) in [6.45, 7) is 16.5. The molecule has 2 heterocycles. The summed E-state index contributed by atoms with van der Waals surface area (Å²) in [4.78, 5) is 0. The van der Waals surface area contributed by atoms with Crippen molar-refractivity contribution in [2.45, 2.75) is 64.7 Å². The summed E-state index contributed by atoms with van der Waals surface area (Å²) in [5.41, 5.74) is 26.8. The van der Waals surface area contributed by atoms with Crippen LogP contribution in [-0.2, 0) is 16.2 Å². The second-order valence-corrected chi connectivity index (χ2v) is 22.6. The maximum Gasteiger partial charge on any atom is 0.0541 e. The molecule has 10 aromatic carbocycles. The van der Waals surface area contributed by atoms with Crippen LogP contribution in [0.1, 0.15) is 76.3 Å². The van der Waals surface area contributed by atoms with Crippen LogP contribution < -0.4 is 0 Å². The van der Waals surface area contributed by atoms with E-state index in [1.807, 2.05) is 0 Å². The summed E-state index contributed by atoms with van der Waals surface area (Å²) in [5, 5.41) is 5.10. The van der Waals surface area contributed by atoms with E-state index in [0.717, 1.165) is 0 Å². The minimum absolute atomic E-state index is 0.107. The van der Waals surface area contributed by atoms with Crippen molar-refractivity contribution in [3.8, 4) is 67.0 Å². The first-order chi connectivity index (χ1) is 34.8. The predicted molar refractivity (Wildman–Crippen MR) is 305 cm³/mol. The molecule has 0 bridgehead atoms. The third-order valence-corrected chi connectivity index (χ3v) is 16.7. The lowest BCUT2D eigenvalue weighted by Crippen LogP contribution is -2.15. The van der Waals surface area contributed by atoms with Gasteiger partial charge in [-0.15, -0.1) is 0 Å². The van der Waals surface area contributed by atoms with E-state index in [1.54, 1.807) is 0 Å². The largest absolute Gasteiger partial charge is 0.309 e. The van der Waals surface area contributed by atoms with E-state index >= 15 is 0 Å². The molecule has 0 unspecified atom stereocenters. The average molecular weight is 925 g/mol. The number of hydrogen-bond donors (Lipinski definition) is 0. The van der Waals surface area contributed by atoms with Crippen molar-refractivity contribution in [3.63, 3.8) is 0 Å². The Morgan fingerprint density at radius 1 is 0.292 bits per heavy atom. The average Bonchev–Trinajstić information content (AvgIpc) is 4.06. The minimum atomic E-state index is -0.169. The molecule has 2 nitrogen and oxygen atoms in total. The number of rotatable bonds is 5. The van der Waals surface area contributed by atoms with E-state index < -0.39 is 0 Å². The van der Waals surface area contributed by atoms with Crippen LogP contribution in [0.4, 0.5) is 0 Å². The molecule has 0 saturated carbocycles. The molecule has 0 N–H and O–H groups in total. The highest BCUT2D eigenvalue weighted by molar-refractivity contribution is 6.12. The minimum Gasteiger partial charge on any atom is -0.309 e. The lowest BCUT2D eigenvalue weighted by molar-refractivity contribution is 0.590. The molecule has 0 radical (unpaired) electrons. The van der Waals surface area contributed by atoms with Gasteiger partial charge in [-0.25, -0.2) is 0 Å². The molecule has 2 aromatic heterocycles. The second kappa shape index (κ2) is 15.2. The van der Waals surface area contributed by atoms with Crippen molar-refractivity contribution in [1.82, 2.24) is 9.13 Å². The summed E-state index contributed by atoms with van der Waals surface area (Å²) < 4.78 is 4.81. The molecule has 0 fully saturated rings. The normalized spacial score (nSPS) is 14.3. The van der Waals surface area contributed by atoms with E-state index in [4.69, 9.17) is 0 Å². The van der Waals surface area contributed by atoms with Crippen molar-refractivity contribution in [1.29, 1.82) is 0 Å². The SMILES string of the molecule is CC(C)(C)c1ccc(-n2c3ccccc3c3cc(-c4ccc5c(c4)C(C)(C)c4cc(-c6ccc7c(c6)C(C)(C)c6cc(-c8ccc9c(c8)c8ccccc8n9-c8ccccc8)ccc6-7)ccc4-5)ccc32)cc1. The van der Waals surface area contributed by atoms with Crippen molar-refractivity contribution in [3.05, 3.63) is 240 Å². The summed E-state index contributed by atoms with van der Waals surface area (Å²) in [6, 6.07) is 80.2. The Labute approximate surface area is 422 Å². The first-order valence-electron chi connectivity index (χ1n) is 25.7. The Balaban J connectivity index is 0.777. The molecular weight excluding hydrogens is 869 g/mol. The third kappa shape index (κ3) is 6.21. The Morgan fingerprint density at radius 2 is 0.611 bits per heavy atom. The monoisotopic (exact) mass is 924 g/mol. The lowest BCUT2D eigenvalue weighted by Gasteiger charge is -2.24. The van der Waals surface area contributed by atoms with Gasteiger partial charge in [0.1, 0.15) is 0 Å². The Kier molecular flexibility index (Phi) is 8.98. The van der Waals surface area contributed by atoms with E-state index in [1.165, 1.54) is 138 Å². The molecule has 2 aliphatic rings. The van der Waals surface area contributed by atoms with Crippen molar-refractivity contribution < 1.29 is 0 Å². The first kappa shape index (κ1) is 42.7. The summed E-state index contributed by atoms with van der Waals surface area (Å²) in [7, 11) is 0. The molecule has 0 saturated heterocycles. The number of nitrogens with zero attached hydrogens (tertiary/aromatic N) is 2. The van der Waals surface area contributed by atoms with Crippen LogP contribution in [-0.4, -0.2) is 9.13 Å². The molecule has 0 atom stereocenters. The first-order valence-corrected chi connectivity index (χ1v) is 25.7. The van der Waals surface area contributed by atoms with Crippen LogP contribution in [0.25, 0.3) is 111 Å². The van der Waals surface area contributed by atoms with Gasteiger partial charge in [-0.2, -0.15) is 0 Å². The maximum atomic E-state index is 2.48. The van der Waals surface area contributed by atoms with Gasteiger partial charge in [-0.1, -0.05) is 176 Å². The molecule has 12 aromatic rings. The summed E-state index contributed by atoms with van der Waals surface area (Å²) in [6.07, 6.45) is 0. The number of para-hydroxylation sites is 3. The molecule has 72 heavy (non-hydrogen) atoms. The standard InChI is InChI=1S/C70H56N2/c1-68(2,3)49-27-29-51(30-28-49)72-65-20-14-12-18-57(65)59-38-44(26-36-67(59)72)46-22-32-53-55-34-24-48(42-63(55)70(6,7)61(53)40-46)47-23-33-54-52-31-21-45(39-60(52)69(4,5)62(54)41-47)43-25-35-66-58(37-43)56-17-11-13-19-64(56)71(66)50-15-9-8-10-16-50/h8-42H,1-7H3. The Morgan fingerprint density at radius 3 is 1.00 bits per heavy atom. The third-order valence-electron chi connectivity index (χ3n) is 16.7. The molecule has 2 aliphatic carbocycles. The lowest BCUT2D eigenvalue weighted by atomic mass is 9.79. The van der Waals surface area contributed by atoms with Gasteiger partial charge in [0.15, 0.2) is 0 Å².